The zero-order chi connectivity index (χ0) is 35.5. The number of nitrogens with one attached hydrogen (secondary N) is 1. The Bertz CT molecular complexity index is 2440. The second kappa shape index (κ2) is 13.8. The van der Waals surface area contributed by atoms with Crippen LogP contribution in [0.15, 0.2) is 170 Å². The first kappa shape index (κ1) is 32.3. The highest BCUT2D eigenvalue weighted by molar-refractivity contribution is 6.13. The summed E-state index contributed by atoms with van der Waals surface area (Å²) in [6.07, 6.45) is 4.52. The van der Waals surface area contributed by atoms with Crippen molar-refractivity contribution in [3.8, 4) is 34.1 Å². The highest BCUT2D eigenvalue weighted by Gasteiger charge is 2.42. The fourth-order valence-electron chi connectivity index (χ4n) is 6.91. The molecule has 0 spiro atoms. The van der Waals surface area contributed by atoms with Crippen LogP contribution in [0.3, 0.4) is 0 Å². The standard InChI is InChI=1S/C46H34N2O4/c47-45(50)46(35-18-22-39(23-19-35)51-37-11-3-1-4-12-37)28-8-10-34-30-32(17-27-43(34)46)31-16-26-41-33(29-31)9-7-15-42(41)44(49)48-36-20-24-40(25-21-36)52-38-13-5-2-6-14-38/h1-27,29-30H,28H2,(H2,47,50)(H,48,49). The van der Waals surface area contributed by atoms with E-state index in [-0.39, 0.29) is 5.91 Å². The Morgan fingerprint density at radius 2 is 1.19 bits per heavy atom. The maximum Gasteiger partial charge on any atom is 0.256 e. The number of anilines is 1. The van der Waals surface area contributed by atoms with Gasteiger partial charge in [-0.2, -0.15) is 0 Å². The first-order chi connectivity index (χ1) is 25.5. The minimum Gasteiger partial charge on any atom is -0.457 e. The number of carbonyl (C=O) groups is 2. The van der Waals surface area contributed by atoms with Gasteiger partial charge in [0.2, 0.25) is 5.91 Å². The number of amides is 2. The van der Waals surface area contributed by atoms with Crippen molar-refractivity contribution in [2.24, 2.45) is 5.73 Å². The lowest BCUT2D eigenvalue weighted by molar-refractivity contribution is -0.122. The molecule has 0 bridgehead atoms. The summed E-state index contributed by atoms with van der Waals surface area (Å²) in [4.78, 5) is 26.8. The van der Waals surface area contributed by atoms with Crippen LogP contribution in [0.1, 0.15) is 33.5 Å². The number of carbonyl (C=O) groups excluding carboxylic acids is 2. The van der Waals surface area contributed by atoms with Gasteiger partial charge in [0.25, 0.3) is 5.91 Å². The molecule has 8 rings (SSSR count). The van der Waals surface area contributed by atoms with E-state index >= 15 is 0 Å². The molecule has 0 radical (unpaired) electrons. The van der Waals surface area contributed by atoms with E-state index < -0.39 is 11.3 Å². The van der Waals surface area contributed by atoms with Crippen LogP contribution in [-0.2, 0) is 10.2 Å². The van der Waals surface area contributed by atoms with Crippen LogP contribution in [0.5, 0.6) is 23.0 Å². The minimum absolute atomic E-state index is 0.198. The van der Waals surface area contributed by atoms with Gasteiger partial charge in [0.05, 0.1) is 0 Å². The SMILES string of the molecule is NC(=O)C1(c2ccc(Oc3ccccc3)cc2)CC=Cc2cc(-c3ccc4c(C(=O)Nc5ccc(Oc6ccccc6)cc5)cccc4c3)ccc21. The van der Waals surface area contributed by atoms with Crippen molar-refractivity contribution in [1.82, 2.24) is 0 Å². The van der Waals surface area contributed by atoms with Crippen LogP contribution >= 0.6 is 0 Å². The molecule has 52 heavy (non-hydrogen) atoms. The highest BCUT2D eigenvalue weighted by atomic mass is 16.5. The molecule has 0 saturated carbocycles. The Kier molecular flexibility index (Phi) is 8.55. The van der Waals surface area contributed by atoms with Crippen molar-refractivity contribution < 1.29 is 19.1 Å². The lowest BCUT2D eigenvalue weighted by Gasteiger charge is -2.35. The predicted molar refractivity (Wildman–Crippen MR) is 207 cm³/mol. The van der Waals surface area contributed by atoms with E-state index in [0.29, 0.717) is 29.2 Å². The molecule has 6 nitrogen and oxygen atoms in total. The fraction of sp³-hybridized carbons (Fsp3) is 0.0435. The zero-order valence-electron chi connectivity index (χ0n) is 28.2. The second-order valence-electron chi connectivity index (χ2n) is 12.8. The van der Waals surface area contributed by atoms with E-state index in [1.807, 2.05) is 158 Å². The number of hydrogen-bond donors (Lipinski definition) is 2. The number of primary amides is 1. The molecule has 7 aromatic carbocycles. The van der Waals surface area contributed by atoms with Gasteiger partial charge in [-0.1, -0.05) is 97.1 Å². The average Bonchev–Trinajstić information content (AvgIpc) is 3.18. The summed E-state index contributed by atoms with van der Waals surface area (Å²) < 4.78 is 11.9. The van der Waals surface area contributed by atoms with Crippen LogP contribution in [0.4, 0.5) is 5.69 Å². The van der Waals surface area contributed by atoms with Crippen molar-refractivity contribution in [3.05, 3.63) is 192 Å². The Morgan fingerprint density at radius 1 is 0.596 bits per heavy atom. The van der Waals surface area contributed by atoms with Gasteiger partial charge in [-0.15, -0.1) is 0 Å². The summed E-state index contributed by atoms with van der Waals surface area (Å²) in [7, 11) is 0. The Labute approximate surface area is 301 Å². The maximum atomic E-state index is 13.5. The largest absolute Gasteiger partial charge is 0.457 e. The molecule has 252 valence electrons. The first-order valence-electron chi connectivity index (χ1n) is 17.1. The molecule has 1 aliphatic rings. The Morgan fingerprint density at radius 3 is 1.85 bits per heavy atom. The molecule has 0 aromatic heterocycles. The molecule has 1 unspecified atom stereocenters. The van der Waals surface area contributed by atoms with Crippen molar-refractivity contribution in [2.45, 2.75) is 11.8 Å². The summed E-state index contributed by atoms with van der Waals surface area (Å²) in [6, 6.07) is 52.0. The lowest BCUT2D eigenvalue weighted by atomic mass is 9.67. The molecule has 2 amide bonds. The monoisotopic (exact) mass is 678 g/mol. The van der Waals surface area contributed by atoms with Crippen LogP contribution in [-0.4, -0.2) is 11.8 Å². The molecule has 0 saturated heterocycles. The van der Waals surface area contributed by atoms with Crippen molar-refractivity contribution >= 4 is 34.4 Å². The van der Waals surface area contributed by atoms with E-state index in [2.05, 4.69) is 23.5 Å². The third kappa shape index (κ3) is 6.30. The Hall–Kier alpha value is -6.92. The number of hydrogen-bond acceptors (Lipinski definition) is 4. The third-order valence-electron chi connectivity index (χ3n) is 9.53. The fourth-order valence-corrected chi connectivity index (χ4v) is 6.91. The molecule has 0 heterocycles. The molecular weight excluding hydrogens is 645 g/mol. The van der Waals surface area contributed by atoms with E-state index in [1.54, 1.807) is 0 Å². The maximum absolute atomic E-state index is 13.5. The van der Waals surface area contributed by atoms with E-state index in [1.165, 1.54) is 0 Å². The lowest BCUT2D eigenvalue weighted by Crippen LogP contribution is -2.43. The van der Waals surface area contributed by atoms with Crippen LogP contribution in [0.25, 0.3) is 28.0 Å². The summed E-state index contributed by atoms with van der Waals surface area (Å²) in [6.45, 7) is 0. The number of benzene rings is 7. The summed E-state index contributed by atoms with van der Waals surface area (Å²) in [5.74, 6) is 2.24. The molecular formula is C46H34N2O4. The molecule has 0 fully saturated rings. The normalized spacial score (nSPS) is 14.7. The van der Waals surface area contributed by atoms with Gasteiger partial charge < -0.3 is 20.5 Å². The van der Waals surface area contributed by atoms with E-state index in [9.17, 15) is 9.59 Å². The third-order valence-corrected chi connectivity index (χ3v) is 9.53. The number of para-hydroxylation sites is 2. The van der Waals surface area contributed by atoms with Gasteiger partial charge >= 0.3 is 0 Å². The van der Waals surface area contributed by atoms with Gasteiger partial charge in [0, 0.05) is 11.3 Å². The molecule has 7 aromatic rings. The number of nitrogens with two attached hydrogens (primary N) is 1. The van der Waals surface area contributed by atoms with Gasteiger partial charge in [-0.05, 0) is 124 Å². The molecule has 1 atom stereocenters. The van der Waals surface area contributed by atoms with Crippen molar-refractivity contribution in [1.29, 1.82) is 0 Å². The predicted octanol–water partition coefficient (Wildman–Crippen LogP) is 10.5. The average molecular weight is 679 g/mol. The molecule has 1 aliphatic carbocycles. The van der Waals surface area contributed by atoms with E-state index in [4.69, 9.17) is 15.2 Å². The van der Waals surface area contributed by atoms with Gasteiger partial charge in [-0.3, -0.25) is 9.59 Å². The highest BCUT2D eigenvalue weighted by Crippen LogP contribution is 2.43. The quantitative estimate of drug-likeness (QED) is 0.159. The topological polar surface area (TPSA) is 90.7 Å². The van der Waals surface area contributed by atoms with Gasteiger partial charge in [0.15, 0.2) is 0 Å². The number of rotatable bonds is 9. The van der Waals surface area contributed by atoms with Gasteiger partial charge in [0.1, 0.15) is 28.4 Å². The van der Waals surface area contributed by atoms with Crippen LogP contribution in [0.2, 0.25) is 0 Å². The van der Waals surface area contributed by atoms with Crippen LogP contribution in [0, 0.1) is 0 Å². The minimum atomic E-state index is -1.02. The van der Waals surface area contributed by atoms with Gasteiger partial charge in [-0.25, -0.2) is 0 Å². The van der Waals surface area contributed by atoms with Crippen molar-refractivity contribution in [2.75, 3.05) is 5.32 Å². The molecule has 6 heteroatoms. The van der Waals surface area contributed by atoms with Crippen molar-refractivity contribution in [3.63, 3.8) is 0 Å². The number of ether oxygens (including phenoxy) is 2. The van der Waals surface area contributed by atoms with E-state index in [0.717, 1.165) is 50.1 Å². The Balaban J connectivity index is 1.03. The molecule has 3 N–H and O–H groups in total. The number of fused-ring (bicyclic) bond motifs is 2. The smallest absolute Gasteiger partial charge is 0.256 e. The second-order valence-corrected chi connectivity index (χ2v) is 12.8. The zero-order valence-corrected chi connectivity index (χ0v) is 28.2. The molecule has 0 aliphatic heterocycles. The first-order valence-corrected chi connectivity index (χ1v) is 17.1. The summed E-state index contributed by atoms with van der Waals surface area (Å²) >= 11 is 0. The summed E-state index contributed by atoms with van der Waals surface area (Å²) in [5, 5.41) is 4.80. The number of allylic oxidation sites excluding steroid dienone is 1. The van der Waals surface area contributed by atoms with Crippen LogP contribution < -0.4 is 20.5 Å². The summed E-state index contributed by atoms with van der Waals surface area (Å²) in [5.41, 5.74) is 11.0.